The molecule has 14 heteroatoms. The number of hydrogen-bond donors (Lipinski definition) is 2. The summed E-state index contributed by atoms with van der Waals surface area (Å²) in [4.78, 5) is 21.1. The van der Waals surface area contributed by atoms with E-state index in [0.29, 0.717) is 29.8 Å². The third-order valence-electron chi connectivity index (χ3n) is 6.07. The molecule has 1 aliphatic rings. The minimum absolute atomic E-state index is 0. The fourth-order valence-corrected chi connectivity index (χ4v) is 6.35. The van der Waals surface area contributed by atoms with Crippen molar-refractivity contribution in [3.8, 4) is 5.75 Å². The molecule has 0 atom stereocenters. The van der Waals surface area contributed by atoms with E-state index in [2.05, 4.69) is 14.5 Å². The third kappa shape index (κ3) is 6.79. The van der Waals surface area contributed by atoms with Crippen molar-refractivity contribution in [1.82, 2.24) is 4.98 Å². The van der Waals surface area contributed by atoms with Crippen molar-refractivity contribution in [1.29, 1.82) is 0 Å². The molecule has 2 aromatic heterocycles. The molecule has 0 unspecified atom stereocenters. The zero-order valence-electron chi connectivity index (χ0n) is 20.6. The lowest BCUT2D eigenvalue weighted by Crippen LogP contribution is -2.47. The maximum absolute atomic E-state index is 12.6. The summed E-state index contributed by atoms with van der Waals surface area (Å²) in [5.74, 6) is 0.287. The van der Waals surface area contributed by atoms with Gasteiger partial charge in [0.15, 0.2) is 0 Å². The Kier molecular flexibility index (Phi) is 11.1. The Balaban J connectivity index is 0.00000178. The summed E-state index contributed by atoms with van der Waals surface area (Å²) in [6.45, 7) is 2.78. The molecule has 0 aliphatic carbocycles. The first-order valence-corrected chi connectivity index (χ1v) is 13.6. The van der Waals surface area contributed by atoms with E-state index in [9.17, 15) is 18.3 Å². The fourth-order valence-electron chi connectivity index (χ4n) is 4.30. The minimum Gasteiger partial charge on any atom is -0.495 e. The number of methoxy groups -OCH3 is 1. The van der Waals surface area contributed by atoms with Crippen molar-refractivity contribution in [3.63, 3.8) is 0 Å². The van der Waals surface area contributed by atoms with E-state index in [1.54, 1.807) is 36.8 Å². The number of hydrogen-bond acceptors (Lipinski definition) is 8. The lowest BCUT2D eigenvalue weighted by molar-refractivity contribution is 0.0699. The molecule has 2 N–H and O–H groups in total. The minimum atomic E-state index is -3.75. The molecule has 210 valence electrons. The molecule has 0 saturated carbocycles. The predicted octanol–water partition coefficient (Wildman–Crippen LogP) is 5.40. The molecule has 0 radical (unpaired) electrons. The van der Waals surface area contributed by atoms with E-state index in [4.69, 9.17) is 9.72 Å². The fraction of sp³-hybridized carbons (Fsp3) is 0.200. The quantitative estimate of drug-likeness (QED) is 0.279. The average Bonchev–Trinajstić information content (AvgIpc) is 3.44. The van der Waals surface area contributed by atoms with E-state index in [-0.39, 0.29) is 52.7 Å². The Labute approximate surface area is 249 Å². The number of anilines is 3. The number of halogens is 3. The van der Waals surface area contributed by atoms with Crippen molar-refractivity contribution in [3.05, 3.63) is 71.6 Å². The molecule has 1 fully saturated rings. The van der Waals surface area contributed by atoms with Crippen molar-refractivity contribution in [2.75, 3.05) is 47.8 Å². The number of aromatic nitrogens is 1. The molecule has 4 aromatic rings. The van der Waals surface area contributed by atoms with Crippen molar-refractivity contribution < 1.29 is 23.1 Å². The number of aromatic carboxylic acids is 1. The van der Waals surface area contributed by atoms with E-state index < -0.39 is 16.0 Å². The number of nitrogens with zero attached hydrogens (tertiary/aromatic N) is 3. The largest absolute Gasteiger partial charge is 0.495 e. The number of fused-ring (bicyclic) bond motifs is 1. The van der Waals surface area contributed by atoms with Crippen LogP contribution in [-0.2, 0) is 10.0 Å². The summed E-state index contributed by atoms with van der Waals surface area (Å²) in [7, 11) is -2.10. The second-order valence-electron chi connectivity index (χ2n) is 8.25. The first-order chi connectivity index (χ1) is 17.4. The van der Waals surface area contributed by atoms with Crippen LogP contribution in [0.4, 0.5) is 17.2 Å². The number of nitrogens with one attached hydrogen (secondary N) is 1. The van der Waals surface area contributed by atoms with Crippen LogP contribution in [0.2, 0.25) is 0 Å². The molecule has 0 bridgehead atoms. The van der Waals surface area contributed by atoms with Gasteiger partial charge in [0.2, 0.25) is 0 Å². The number of rotatable bonds is 7. The summed E-state index contributed by atoms with van der Waals surface area (Å²) in [5.41, 5.74) is 1.85. The third-order valence-corrected chi connectivity index (χ3v) is 8.85. The Morgan fingerprint density at radius 3 is 2.31 bits per heavy atom. The molecule has 0 amide bonds. The van der Waals surface area contributed by atoms with Crippen LogP contribution in [-0.4, -0.2) is 57.8 Å². The molecule has 9 nitrogen and oxygen atoms in total. The second kappa shape index (κ2) is 13.4. The topological polar surface area (TPSA) is 112 Å². The summed E-state index contributed by atoms with van der Waals surface area (Å²) in [6.07, 6.45) is 0. The van der Waals surface area contributed by atoms with Gasteiger partial charge in [0.05, 0.1) is 23.9 Å². The summed E-state index contributed by atoms with van der Waals surface area (Å²) < 4.78 is 33.4. The number of benzene rings is 2. The molecule has 0 spiro atoms. The number of para-hydroxylation sites is 2. The number of pyridine rings is 1. The normalized spacial score (nSPS) is 13.1. The Hall–Kier alpha value is -2.96. The molecule has 39 heavy (non-hydrogen) atoms. The smallest absolute Gasteiger partial charge is 0.336 e. The molecule has 1 saturated heterocycles. The van der Waals surface area contributed by atoms with E-state index in [1.165, 1.54) is 12.1 Å². The number of carboxylic acid groups (broad SMARTS) is 1. The molecule has 3 heterocycles. The molecule has 2 aromatic carbocycles. The first-order valence-electron chi connectivity index (χ1n) is 11.2. The van der Waals surface area contributed by atoms with Crippen LogP contribution in [0.15, 0.2) is 70.3 Å². The van der Waals surface area contributed by atoms with Crippen LogP contribution in [0.25, 0.3) is 10.9 Å². The van der Waals surface area contributed by atoms with Crippen LogP contribution in [0.3, 0.4) is 0 Å². The summed E-state index contributed by atoms with van der Waals surface area (Å²) in [6, 6.07) is 17.3. The van der Waals surface area contributed by atoms with Crippen molar-refractivity contribution in [2.24, 2.45) is 0 Å². The van der Waals surface area contributed by atoms with Crippen LogP contribution in [0.1, 0.15) is 10.4 Å². The summed E-state index contributed by atoms with van der Waals surface area (Å²) >= 11 is 1.11. The van der Waals surface area contributed by atoms with E-state index in [0.717, 1.165) is 35.9 Å². The van der Waals surface area contributed by atoms with Crippen molar-refractivity contribution >= 4 is 92.6 Å². The van der Waals surface area contributed by atoms with Gasteiger partial charge in [-0.2, -0.15) is 0 Å². The molecular formula is C25H27Cl3N4O5S2. The Bertz CT molecular complexity index is 1530. The van der Waals surface area contributed by atoms with Gasteiger partial charge in [-0.3, -0.25) is 4.72 Å². The Morgan fingerprint density at radius 1 is 0.974 bits per heavy atom. The number of piperazine rings is 1. The highest BCUT2D eigenvalue weighted by Crippen LogP contribution is 2.31. The maximum atomic E-state index is 12.6. The number of carboxylic acids is 1. The van der Waals surface area contributed by atoms with E-state index in [1.807, 2.05) is 24.3 Å². The van der Waals surface area contributed by atoms with Gasteiger partial charge in [-0.25, -0.2) is 18.2 Å². The first kappa shape index (κ1) is 32.3. The standard InChI is InChI=1S/C25H24N4O5S2.3ClH/c1-34-22-6-3-2-5-21(22)28-10-12-29(13-11-28)23-16-19(25(30)31)18-15-17(8-9-20(18)26-23)27-36(32,33)24-7-4-14-35-24;;;/h2-9,14-16,27H,10-13H2,1H3,(H,30,31);3*1H. The van der Waals surface area contributed by atoms with Gasteiger partial charge >= 0.3 is 5.97 Å². The predicted molar refractivity (Wildman–Crippen MR) is 163 cm³/mol. The molecule has 5 rings (SSSR count). The number of ether oxygens (including phenoxy) is 1. The zero-order valence-corrected chi connectivity index (χ0v) is 24.7. The van der Waals surface area contributed by atoms with Crippen LogP contribution in [0, 0.1) is 0 Å². The van der Waals surface area contributed by atoms with Gasteiger partial charge in [-0.05, 0) is 47.8 Å². The van der Waals surface area contributed by atoms with Crippen LogP contribution >= 0.6 is 48.6 Å². The molecular weight excluding hydrogens is 607 g/mol. The Morgan fingerprint density at radius 2 is 1.67 bits per heavy atom. The molecule has 1 aliphatic heterocycles. The highest BCUT2D eigenvalue weighted by Gasteiger charge is 2.23. The average molecular weight is 634 g/mol. The van der Waals surface area contributed by atoms with Gasteiger partial charge < -0.3 is 19.6 Å². The van der Waals surface area contributed by atoms with Gasteiger partial charge in [-0.15, -0.1) is 48.6 Å². The van der Waals surface area contributed by atoms with Gasteiger partial charge in [0.25, 0.3) is 10.0 Å². The lowest BCUT2D eigenvalue weighted by atomic mass is 10.1. The second-order valence-corrected chi connectivity index (χ2v) is 11.1. The SMILES string of the molecule is COc1ccccc1N1CCN(c2cc(C(=O)O)c3cc(NS(=O)(=O)c4cccs4)ccc3n2)CC1.Cl.Cl.Cl. The maximum Gasteiger partial charge on any atom is 0.336 e. The van der Waals surface area contributed by atoms with E-state index >= 15 is 0 Å². The number of thiophene rings is 1. The monoisotopic (exact) mass is 632 g/mol. The lowest BCUT2D eigenvalue weighted by Gasteiger charge is -2.37. The number of carbonyl (C=O) groups is 1. The zero-order chi connectivity index (χ0) is 25.3. The number of sulfonamides is 1. The van der Waals surface area contributed by atoms with Gasteiger partial charge in [0.1, 0.15) is 15.8 Å². The van der Waals surface area contributed by atoms with Gasteiger partial charge in [0, 0.05) is 37.3 Å². The van der Waals surface area contributed by atoms with Gasteiger partial charge in [-0.1, -0.05) is 18.2 Å². The summed E-state index contributed by atoms with van der Waals surface area (Å²) in [5, 5.41) is 12.0. The highest BCUT2D eigenvalue weighted by molar-refractivity contribution is 7.94. The van der Waals surface area contributed by atoms with Crippen molar-refractivity contribution in [2.45, 2.75) is 4.21 Å². The van der Waals surface area contributed by atoms with Crippen LogP contribution in [0.5, 0.6) is 5.75 Å². The highest BCUT2D eigenvalue weighted by atomic mass is 35.5. The van der Waals surface area contributed by atoms with Crippen LogP contribution < -0.4 is 19.3 Å².